The number of fused-ring (bicyclic) bond motifs is 27. The molecule has 0 aliphatic carbocycles. The van der Waals surface area contributed by atoms with E-state index in [0.717, 1.165) is 181 Å². The Hall–Kier alpha value is -16.4. The van der Waals surface area contributed by atoms with Crippen LogP contribution in [0.2, 0.25) is 0 Å². The number of rotatable bonds is 9. The van der Waals surface area contributed by atoms with Gasteiger partial charge in [-0.3, -0.25) is 0 Å². The van der Waals surface area contributed by atoms with Crippen molar-refractivity contribution < 1.29 is 8.83 Å². The van der Waals surface area contributed by atoms with Crippen LogP contribution in [0.15, 0.2) is 385 Å². The molecule has 0 amide bonds. The third-order valence-electron chi connectivity index (χ3n) is 26.0. The van der Waals surface area contributed by atoms with Gasteiger partial charge < -0.3 is 18.0 Å². The molecule has 582 valence electrons. The lowest BCUT2D eigenvalue weighted by Crippen LogP contribution is -2.02. The molecule has 20 aromatic carbocycles. The average Bonchev–Trinajstić information content (AvgIpc) is 1.55. The predicted molar refractivity (Wildman–Crippen MR) is 525 cm³/mol. The van der Waals surface area contributed by atoms with Gasteiger partial charge in [0.2, 0.25) is 0 Å². The van der Waals surface area contributed by atoms with Crippen molar-refractivity contribution in [2.24, 2.45) is 0 Å². The first-order chi connectivity index (χ1) is 62.3. The van der Waals surface area contributed by atoms with Gasteiger partial charge in [-0.25, -0.2) is 29.9 Å². The molecule has 12 heteroatoms. The Morgan fingerprint density at radius 2 is 0.595 bits per heavy atom. The molecule has 28 rings (SSSR count). The minimum atomic E-state index is 0.527. The minimum absolute atomic E-state index is 0.527. The highest BCUT2D eigenvalue weighted by atomic mass is 32.1. The van der Waals surface area contributed by atoms with Crippen molar-refractivity contribution >= 4 is 215 Å². The molecule has 8 aromatic heterocycles. The van der Waals surface area contributed by atoms with Crippen molar-refractivity contribution in [2.75, 3.05) is 0 Å². The molecule has 0 saturated heterocycles. The van der Waals surface area contributed by atoms with E-state index >= 15 is 0 Å². The van der Waals surface area contributed by atoms with E-state index in [1.165, 1.54) is 67.3 Å². The van der Waals surface area contributed by atoms with Gasteiger partial charge in [0.15, 0.2) is 34.9 Å². The number of hydrogen-bond acceptors (Lipinski definition) is 10. The maximum atomic E-state index is 7.26. The molecule has 10 nitrogen and oxygen atoms in total. The average molecular weight is 1640 g/mol. The summed E-state index contributed by atoms with van der Waals surface area (Å²) in [6, 6.07) is 136. The lowest BCUT2D eigenvalue weighted by atomic mass is 9.98. The van der Waals surface area contributed by atoms with Crippen LogP contribution >= 0.6 is 22.7 Å². The van der Waals surface area contributed by atoms with Crippen LogP contribution in [0.4, 0.5) is 0 Å². The van der Waals surface area contributed by atoms with Crippen LogP contribution in [0.1, 0.15) is 0 Å². The van der Waals surface area contributed by atoms with Crippen LogP contribution in [0.5, 0.6) is 0 Å². The Bertz CT molecular complexity index is 9670. The molecule has 0 aliphatic heterocycles. The SMILES string of the molecule is c1ccc(-c2nc(-c3cc(-n4c5cc6ccccc6cc5c5ccc6ccccc6c54)c4c(c3)oc3c5ccccc5ccc34)nc(-c3ccc4sc5ccc(-c6ccc7cc(-c8nc(-c9cc(-n%10c%11cc%12ccccc%12cc%11c%11c%12ccccc%12ccc%11%10)c%10c(c9)oc9ccccc9%10)nc(-c9ccc%10sc%11ccccc%11c%10c9)n8)ccc7c6)cc5c4c3)n2)cc1. The van der Waals surface area contributed by atoms with Crippen molar-refractivity contribution in [1.82, 2.24) is 39.0 Å². The fourth-order valence-corrected chi connectivity index (χ4v) is 22.3. The molecule has 0 aliphatic rings. The predicted octanol–water partition coefficient (Wildman–Crippen LogP) is 31.4. The van der Waals surface area contributed by atoms with E-state index in [4.69, 9.17) is 38.7 Å². The summed E-state index contributed by atoms with van der Waals surface area (Å²) in [7, 11) is 0. The number of benzene rings is 20. The van der Waals surface area contributed by atoms with Gasteiger partial charge >= 0.3 is 0 Å². The molecule has 28 aromatic rings. The third kappa shape index (κ3) is 10.5. The summed E-state index contributed by atoms with van der Waals surface area (Å²) in [5, 5.41) is 27.1. The molecule has 0 atom stereocenters. The second-order valence-electron chi connectivity index (χ2n) is 33.2. The molecule has 0 saturated carbocycles. The third-order valence-corrected chi connectivity index (χ3v) is 28.3. The Morgan fingerprint density at radius 3 is 1.25 bits per heavy atom. The Balaban J connectivity index is 0.578. The number of thiophene rings is 2. The molecule has 8 heterocycles. The minimum Gasteiger partial charge on any atom is -0.456 e. The fourth-order valence-electron chi connectivity index (χ4n) is 20.1. The lowest BCUT2D eigenvalue weighted by Gasteiger charge is -2.14. The van der Waals surface area contributed by atoms with Gasteiger partial charge in [0, 0.05) is 117 Å². The summed E-state index contributed by atoms with van der Waals surface area (Å²) in [5.41, 5.74) is 16.7. The molecule has 0 unspecified atom stereocenters. The summed E-state index contributed by atoms with van der Waals surface area (Å²) < 4.78 is 23.9. The van der Waals surface area contributed by atoms with Crippen LogP contribution in [-0.4, -0.2) is 39.0 Å². The second-order valence-corrected chi connectivity index (χ2v) is 35.3. The fraction of sp³-hybridized carbons (Fsp3) is 0. The van der Waals surface area contributed by atoms with E-state index in [9.17, 15) is 0 Å². The van der Waals surface area contributed by atoms with E-state index in [1.54, 1.807) is 22.7 Å². The Kier molecular flexibility index (Phi) is 14.6. The Labute approximate surface area is 724 Å². The highest BCUT2D eigenvalue weighted by Crippen LogP contribution is 2.50. The summed E-state index contributed by atoms with van der Waals surface area (Å²) in [6.07, 6.45) is 0. The molecule has 0 N–H and O–H groups in total. The van der Waals surface area contributed by atoms with Gasteiger partial charge in [-0.15, -0.1) is 22.7 Å². The maximum absolute atomic E-state index is 7.26. The van der Waals surface area contributed by atoms with Crippen molar-refractivity contribution in [3.8, 4) is 90.8 Å². The second kappa shape index (κ2) is 26.6. The topological polar surface area (TPSA) is 113 Å². The molecule has 0 radical (unpaired) electrons. The first-order valence-corrected chi connectivity index (χ1v) is 44.0. The largest absolute Gasteiger partial charge is 0.456 e. The Morgan fingerprint density at radius 1 is 0.190 bits per heavy atom. The van der Waals surface area contributed by atoms with Gasteiger partial charge in [-0.2, -0.15) is 0 Å². The zero-order valence-corrected chi connectivity index (χ0v) is 68.6. The van der Waals surface area contributed by atoms with E-state index in [1.807, 2.05) is 24.3 Å². The standard InChI is InChI=1S/C114H62N8O2S2/c1-2-21-66(22-3-1)109-115-111(119-113(116-109)79-60-96(106-86-45-39-65-20-10-13-29-82(65)108(86)124-99(106)62-79)122-93-57-69-25-6-4-23-67(69)52-87(93)84-44-38-64-19-9-12-28-81(64)107(84)122)77-43-49-103-90(56-77)89-53-74(41-47-102(89)126-103)72-34-35-73-51-75(37-36-71(73)50-72)110-117-112(76-42-48-101-88(55-76)83-30-15-17-33-100(83)125-101)120-114(118-110)78-59-95(105-85-31-14-16-32-97(85)123-98(105)61-78)121-92-46-40-63-18-8-11-27-80(63)104(92)91-54-68-24-5-7-26-70(68)58-94(91)121/h1-62H. The first kappa shape index (κ1) is 69.3. The smallest absolute Gasteiger partial charge is 0.164 e. The zero-order valence-electron chi connectivity index (χ0n) is 67.0. The summed E-state index contributed by atoms with van der Waals surface area (Å²) in [6.45, 7) is 0. The van der Waals surface area contributed by atoms with E-state index in [0.29, 0.717) is 34.9 Å². The maximum Gasteiger partial charge on any atom is 0.164 e. The van der Waals surface area contributed by atoms with E-state index < -0.39 is 0 Å². The van der Waals surface area contributed by atoms with E-state index in [2.05, 4.69) is 361 Å². The van der Waals surface area contributed by atoms with Gasteiger partial charge in [-0.1, -0.05) is 243 Å². The van der Waals surface area contributed by atoms with Crippen LogP contribution in [-0.2, 0) is 0 Å². The number of hydrogen-bond donors (Lipinski definition) is 0. The van der Waals surface area contributed by atoms with Crippen LogP contribution in [0.3, 0.4) is 0 Å². The summed E-state index contributed by atoms with van der Waals surface area (Å²) >= 11 is 3.59. The number of aromatic nitrogens is 8. The van der Waals surface area contributed by atoms with E-state index in [-0.39, 0.29) is 0 Å². The lowest BCUT2D eigenvalue weighted by molar-refractivity contribution is 0.669. The summed E-state index contributed by atoms with van der Waals surface area (Å²) in [4.78, 5) is 33.0. The number of furan rings is 2. The van der Waals surface area contributed by atoms with Crippen LogP contribution in [0.25, 0.3) is 283 Å². The normalized spacial score (nSPS) is 12.3. The monoisotopic (exact) mass is 1640 g/mol. The molecule has 0 bridgehead atoms. The van der Waals surface area contributed by atoms with Gasteiger partial charge in [-0.05, 0) is 198 Å². The molecular weight excluding hydrogens is 1580 g/mol. The highest BCUT2D eigenvalue weighted by Gasteiger charge is 2.28. The van der Waals surface area contributed by atoms with Crippen LogP contribution in [0, 0.1) is 0 Å². The molecule has 126 heavy (non-hydrogen) atoms. The quantitative estimate of drug-likeness (QED) is 0.140. The number of nitrogens with zero attached hydrogens (tertiary/aromatic N) is 8. The van der Waals surface area contributed by atoms with Crippen molar-refractivity contribution in [3.05, 3.63) is 376 Å². The van der Waals surface area contributed by atoms with Crippen molar-refractivity contribution in [1.29, 1.82) is 0 Å². The van der Waals surface area contributed by atoms with Gasteiger partial charge in [0.25, 0.3) is 0 Å². The van der Waals surface area contributed by atoms with Gasteiger partial charge in [0.05, 0.1) is 44.2 Å². The van der Waals surface area contributed by atoms with Crippen molar-refractivity contribution in [2.45, 2.75) is 0 Å². The molecule has 0 fully saturated rings. The molecular formula is C114H62N8O2S2. The zero-order chi connectivity index (χ0) is 82.1. The summed E-state index contributed by atoms with van der Waals surface area (Å²) in [5.74, 6) is 3.31. The van der Waals surface area contributed by atoms with Gasteiger partial charge in [0.1, 0.15) is 22.3 Å². The van der Waals surface area contributed by atoms with Crippen molar-refractivity contribution in [3.63, 3.8) is 0 Å². The highest BCUT2D eigenvalue weighted by molar-refractivity contribution is 7.26. The first-order valence-electron chi connectivity index (χ1n) is 42.4. The van der Waals surface area contributed by atoms with Crippen LogP contribution < -0.4 is 0 Å². The number of para-hydroxylation sites is 1. The molecule has 0 spiro atoms.